The fraction of sp³-hybridized carbons (Fsp3) is 0.400. The number of aromatic nitrogens is 1. The van der Waals surface area contributed by atoms with Gasteiger partial charge in [0.25, 0.3) is 0 Å². The van der Waals surface area contributed by atoms with Crippen molar-refractivity contribution < 1.29 is 0 Å². The highest BCUT2D eigenvalue weighted by Gasteiger charge is 2.24. The number of alkyl halides is 1. The summed E-state index contributed by atoms with van der Waals surface area (Å²) in [4.78, 5) is 5.08. The van der Waals surface area contributed by atoms with Crippen LogP contribution >= 0.6 is 15.9 Å². The summed E-state index contributed by atoms with van der Waals surface area (Å²) in [5.74, 6) is 0.662. The van der Waals surface area contributed by atoms with E-state index >= 15 is 0 Å². The van der Waals surface area contributed by atoms with E-state index in [-0.39, 0.29) is 0 Å². The van der Waals surface area contributed by atoms with Crippen LogP contribution in [0, 0.1) is 0 Å². The minimum absolute atomic E-state index is 0.636. The van der Waals surface area contributed by atoms with E-state index in [1.165, 1.54) is 36.6 Å². The summed E-state index contributed by atoms with van der Waals surface area (Å²) >= 11 is 3.84. The molecule has 88 valence electrons. The highest BCUT2D eigenvalue weighted by atomic mass is 79.9. The Balaban J connectivity index is 1.99. The monoisotopic (exact) mass is 289 g/mol. The first-order valence-corrected chi connectivity index (χ1v) is 7.25. The first-order chi connectivity index (χ1) is 8.34. The zero-order chi connectivity index (χ0) is 11.7. The van der Waals surface area contributed by atoms with Crippen LogP contribution in [0.25, 0.3) is 10.9 Å². The molecule has 0 spiro atoms. The molecule has 1 nitrogen and oxygen atoms in total. The standard InChI is InChI=1S/C15H16BrN/c16-14-6-2-1-5-13(14)12-8-7-11-4-3-9-17-15(11)10-12/h3-4,7-10,13-14H,1-2,5-6H2. The molecule has 3 rings (SSSR count). The number of hydrogen-bond acceptors (Lipinski definition) is 1. The second kappa shape index (κ2) is 4.77. The number of benzene rings is 1. The Morgan fingerprint density at radius 1 is 1.12 bits per heavy atom. The number of rotatable bonds is 1. The third-order valence-electron chi connectivity index (χ3n) is 3.74. The lowest BCUT2D eigenvalue weighted by molar-refractivity contribution is 0.461. The van der Waals surface area contributed by atoms with Crippen molar-refractivity contribution in [3.63, 3.8) is 0 Å². The van der Waals surface area contributed by atoms with Crippen LogP contribution < -0.4 is 0 Å². The van der Waals surface area contributed by atoms with Crippen LogP contribution in [0.1, 0.15) is 37.2 Å². The number of hydrogen-bond donors (Lipinski definition) is 0. The average molecular weight is 290 g/mol. The van der Waals surface area contributed by atoms with Crippen molar-refractivity contribution >= 4 is 26.8 Å². The lowest BCUT2D eigenvalue weighted by atomic mass is 9.84. The van der Waals surface area contributed by atoms with Gasteiger partial charge in [-0.15, -0.1) is 0 Å². The molecule has 2 unspecified atom stereocenters. The Kier molecular flexibility index (Phi) is 3.15. The van der Waals surface area contributed by atoms with Crippen LogP contribution in [0.5, 0.6) is 0 Å². The number of nitrogens with zero attached hydrogens (tertiary/aromatic N) is 1. The molecule has 2 heteroatoms. The van der Waals surface area contributed by atoms with Gasteiger partial charge in [-0.05, 0) is 36.5 Å². The Labute approximate surface area is 110 Å². The normalized spacial score (nSPS) is 25.0. The maximum atomic E-state index is 4.45. The molecule has 1 heterocycles. The molecule has 0 aliphatic heterocycles. The Morgan fingerprint density at radius 3 is 2.88 bits per heavy atom. The van der Waals surface area contributed by atoms with Gasteiger partial charge in [-0.25, -0.2) is 0 Å². The Hall–Kier alpha value is -0.890. The summed E-state index contributed by atoms with van der Waals surface area (Å²) in [6.07, 6.45) is 7.18. The van der Waals surface area contributed by atoms with Gasteiger partial charge in [0.05, 0.1) is 5.52 Å². The summed E-state index contributed by atoms with van der Waals surface area (Å²) < 4.78 is 0. The molecule has 1 aliphatic rings. The highest BCUT2D eigenvalue weighted by Crippen LogP contribution is 2.38. The van der Waals surface area contributed by atoms with Crippen molar-refractivity contribution in [1.29, 1.82) is 0 Å². The van der Waals surface area contributed by atoms with Gasteiger partial charge in [0.2, 0.25) is 0 Å². The number of halogens is 1. The third-order valence-corrected chi connectivity index (χ3v) is 4.84. The largest absolute Gasteiger partial charge is 0.256 e. The molecular weight excluding hydrogens is 274 g/mol. The van der Waals surface area contributed by atoms with Gasteiger partial charge in [0.15, 0.2) is 0 Å². The smallest absolute Gasteiger partial charge is 0.0704 e. The molecule has 1 fully saturated rings. The first kappa shape index (κ1) is 11.2. The van der Waals surface area contributed by atoms with Gasteiger partial charge in [0, 0.05) is 16.4 Å². The van der Waals surface area contributed by atoms with Crippen LogP contribution in [-0.2, 0) is 0 Å². The molecule has 0 radical (unpaired) electrons. The van der Waals surface area contributed by atoms with Crippen molar-refractivity contribution in [2.45, 2.75) is 36.4 Å². The van der Waals surface area contributed by atoms with Gasteiger partial charge in [-0.3, -0.25) is 4.98 Å². The van der Waals surface area contributed by atoms with E-state index < -0.39 is 0 Å². The molecule has 1 saturated carbocycles. The molecule has 1 aromatic heterocycles. The highest BCUT2D eigenvalue weighted by molar-refractivity contribution is 9.09. The van der Waals surface area contributed by atoms with Crippen LogP contribution in [0.15, 0.2) is 36.5 Å². The van der Waals surface area contributed by atoms with E-state index in [0.717, 1.165) is 5.52 Å². The summed E-state index contributed by atoms with van der Waals surface area (Å²) in [7, 11) is 0. The van der Waals surface area contributed by atoms with Crippen molar-refractivity contribution in [3.05, 3.63) is 42.1 Å². The van der Waals surface area contributed by atoms with Crippen molar-refractivity contribution in [2.75, 3.05) is 0 Å². The zero-order valence-electron chi connectivity index (χ0n) is 9.77. The van der Waals surface area contributed by atoms with E-state index in [2.05, 4.69) is 45.2 Å². The van der Waals surface area contributed by atoms with Gasteiger partial charge in [-0.2, -0.15) is 0 Å². The van der Waals surface area contributed by atoms with Crippen molar-refractivity contribution in [2.24, 2.45) is 0 Å². The molecule has 1 aliphatic carbocycles. The summed E-state index contributed by atoms with van der Waals surface area (Å²) in [5, 5.41) is 1.23. The van der Waals surface area contributed by atoms with Gasteiger partial charge in [-0.1, -0.05) is 47.0 Å². The van der Waals surface area contributed by atoms with Crippen LogP contribution in [0.2, 0.25) is 0 Å². The molecule has 0 amide bonds. The quantitative estimate of drug-likeness (QED) is 0.696. The first-order valence-electron chi connectivity index (χ1n) is 6.33. The maximum absolute atomic E-state index is 4.45. The number of pyridine rings is 1. The fourth-order valence-electron chi connectivity index (χ4n) is 2.78. The lowest BCUT2D eigenvalue weighted by Gasteiger charge is -2.27. The lowest BCUT2D eigenvalue weighted by Crippen LogP contribution is -2.17. The average Bonchev–Trinajstić information content (AvgIpc) is 2.39. The molecule has 1 aromatic carbocycles. The van der Waals surface area contributed by atoms with Crippen LogP contribution in [0.4, 0.5) is 0 Å². The van der Waals surface area contributed by atoms with E-state index in [1.807, 2.05) is 12.3 Å². The molecule has 2 aromatic rings. The zero-order valence-corrected chi connectivity index (χ0v) is 11.4. The van der Waals surface area contributed by atoms with Crippen LogP contribution in [-0.4, -0.2) is 9.81 Å². The number of fused-ring (bicyclic) bond motifs is 1. The second-order valence-electron chi connectivity index (χ2n) is 4.86. The minimum Gasteiger partial charge on any atom is -0.256 e. The van der Waals surface area contributed by atoms with E-state index in [1.54, 1.807) is 0 Å². The maximum Gasteiger partial charge on any atom is 0.0704 e. The van der Waals surface area contributed by atoms with E-state index in [4.69, 9.17) is 0 Å². The predicted octanol–water partition coefficient (Wildman–Crippen LogP) is 4.66. The van der Waals surface area contributed by atoms with Crippen LogP contribution in [0.3, 0.4) is 0 Å². The molecule has 0 N–H and O–H groups in total. The Bertz CT molecular complexity index is 523. The van der Waals surface area contributed by atoms with Crippen molar-refractivity contribution in [1.82, 2.24) is 4.98 Å². The SMILES string of the molecule is BrC1CCCCC1c1ccc2cccnc2c1. The van der Waals surface area contributed by atoms with Crippen molar-refractivity contribution in [3.8, 4) is 0 Å². The Morgan fingerprint density at radius 2 is 2.00 bits per heavy atom. The molecular formula is C15H16BrN. The fourth-order valence-corrected chi connectivity index (χ4v) is 3.67. The summed E-state index contributed by atoms with van der Waals surface area (Å²) in [6.45, 7) is 0. The van der Waals surface area contributed by atoms with E-state index in [0.29, 0.717) is 10.7 Å². The van der Waals surface area contributed by atoms with Gasteiger partial charge < -0.3 is 0 Å². The molecule has 17 heavy (non-hydrogen) atoms. The predicted molar refractivity (Wildman–Crippen MR) is 75.7 cm³/mol. The van der Waals surface area contributed by atoms with E-state index in [9.17, 15) is 0 Å². The summed E-state index contributed by atoms with van der Waals surface area (Å²) in [5.41, 5.74) is 2.56. The topological polar surface area (TPSA) is 12.9 Å². The van der Waals surface area contributed by atoms with Gasteiger partial charge in [0.1, 0.15) is 0 Å². The molecule has 0 saturated heterocycles. The van der Waals surface area contributed by atoms with Gasteiger partial charge >= 0.3 is 0 Å². The molecule has 0 bridgehead atoms. The third kappa shape index (κ3) is 2.23. The second-order valence-corrected chi connectivity index (χ2v) is 6.04. The minimum atomic E-state index is 0.636. The molecule has 2 atom stereocenters. The summed E-state index contributed by atoms with van der Waals surface area (Å²) in [6, 6.07) is 10.9.